The third-order valence-electron chi connectivity index (χ3n) is 15.4. The molecule has 698 valence electrons. The molecule has 0 aliphatic heterocycles. The van der Waals surface area contributed by atoms with Crippen molar-refractivity contribution in [2.45, 2.75) is 334 Å². The molecule has 0 radical (unpaired) electrons. The third kappa shape index (κ3) is 115. The van der Waals surface area contributed by atoms with Crippen molar-refractivity contribution in [2.24, 2.45) is 54.1 Å². The molecule has 2 atom stereocenters. The van der Waals surface area contributed by atoms with E-state index in [0.29, 0.717) is 39.0 Å². The third-order valence-corrected chi connectivity index (χ3v) is 15.4. The summed E-state index contributed by atoms with van der Waals surface area (Å²) in [6, 6.07) is 0. The fourth-order valence-electron chi connectivity index (χ4n) is 7.63. The number of amides is 3. The first kappa shape index (κ1) is 133. The summed E-state index contributed by atoms with van der Waals surface area (Å²) in [6.07, 6.45) is 27.2. The number of allylic oxidation sites excluding steroid dienone is 7. The van der Waals surface area contributed by atoms with E-state index in [1.807, 2.05) is 168 Å². The van der Waals surface area contributed by atoms with Gasteiger partial charge in [-0.1, -0.05) is 276 Å². The molecule has 0 aliphatic carbocycles. The van der Waals surface area contributed by atoms with Gasteiger partial charge < -0.3 is 38.5 Å². The number of ketones is 3. The van der Waals surface area contributed by atoms with Crippen LogP contribution in [0.25, 0.3) is 0 Å². The number of hydrogen-bond donors (Lipinski definition) is 0. The largest absolute Gasteiger partial charge is 0.462 e. The maximum atomic E-state index is 11.4. The first-order valence-electron chi connectivity index (χ1n) is 42.6. The van der Waals surface area contributed by atoms with Gasteiger partial charge in [-0.3, -0.25) is 28.8 Å². The molecule has 0 heterocycles. The summed E-state index contributed by atoms with van der Waals surface area (Å²) in [4.78, 5) is 118. The predicted molar refractivity (Wildman–Crippen MR) is 513 cm³/mol. The molecule has 0 aromatic heterocycles. The van der Waals surface area contributed by atoms with Crippen LogP contribution in [-0.4, -0.2) is 164 Å². The highest BCUT2D eigenvalue weighted by Gasteiger charge is 2.25. The highest BCUT2D eigenvalue weighted by Crippen LogP contribution is 2.26. The average molecular weight is 1690 g/mol. The van der Waals surface area contributed by atoms with E-state index in [9.17, 15) is 47.9 Å². The Balaban J connectivity index is -0.000000140. The average Bonchev–Trinajstić information content (AvgIpc) is 0.911. The van der Waals surface area contributed by atoms with Gasteiger partial charge in [-0.15, -0.1) is 6.58 Å². The Morgan fingerprint density at radius 3 is 0.975 bits per heavy atom. The molecule has 18 heteroatoms. The van der Waals surface area contributed by atoms with Crippen LogP contribution in [0.15, 0.2) is 136 Å². The zero-order chi connectivity index (χ0) is 97.4. The molecule has 0 rings (SSSR count). The normalized spacial score (nSPS) is 11.9. The van der Waals surface area contributed by atoms with Crippen LogP contribution < -0.4 is 0 Å². The Bertz CT molecular complexity index is 3090. The molecule has 0 spiro atoms. The summed E-state index contributed by atoms with van der Waals surface area (Å²) >= 11 is 0. The van der Waals surface area contributed by atoms with Gasteiger partial charge in [0.15, 0.2) is 17.3 Å². The highest BCUT2D eigenvalue weighted by molar-refractivity contribution is 5.91. The second kappa shape index (κ2) is 68.9. The fourth-order valence-corrected chi connectivity index (χ4v) is 7.63. The smallest absolute Gasteiger partial charge is 0.330 e. The molecule has 0 saturated carbocycles. The lowest BCUT2D eigenvalue weighted by Gasteiger charge is -2.28. The Morgan fingerprint density at radius 1 is 0.358 bits per heavy atom. The zero-order valence-electron chi connectivity index (χ0n) is 85.3. The minimum Gasteiger partial charge on any atom is -0.462 e. The van der Waals surface area contributed by atoms with Gasteiger partial charge in [0.25, 0.3) is 0 Å². The monoisotopic (exact) mass is 1690 g/mol. The van der Waals surface area contributed by atoms with Gasteiger partial charge in [-0.25, -0.2) is 19.2 Å². The van der Waals surface area contributed by atoms with Crippen molar-refractivity contribution in [3.8, 4) is 0 Å². The number of nitrogens with zero attached hydrogens (tertiary/aromatic N) is 4. The van der Waals surface area contributed by atoms with Gasteiger partial charge in [0.05, 0.1) is 13.2 Å². The Morgan fingerprint density at radius 2 is 0.683 bits per heavy atom. The van der Waals surface area contributed by atoms with Gasteiger partial charge in [0, 0.05) is 89.4 Å². The molecule has 18 nitrogen and oxygen atoms in total. The minimum atomic E-state index is -0.354. The molecule has 3 amide bonds. The second-order valence-corrected chi connectivity index (χ2v) is 42.1. The predicted octanol–water partition coefficient (Wildman–Crippen LogP) is 24.6. The van der Waals surface area contributed by atoms with E-state index in [2.05, 4.69) is 164 Å². The van der Waals surface area contributed by atoms with Gasteiger partial charge in [-0.05, 0) is 200 Å². The van der Waals surface area contributed by atoms with Crippen LogP contribution in [0.5, 0.6) is 0 Å². The van der Waals surface area contributed by atoms with Crippen molar-refractivity contribution < 1.29 is 66.9 Å². The van der Waals surface area contributed by atoms with E-state index in [-0.39, 0.29) is 125 Å². The van der Waals surface area contributed by atoms with Gasteiger partial charge >= 0.3 is 23.9 Å². The van der Waals surface area contributed by atoms with Crippen LogP contribution in [0.1, 0.15) is 322 Å². The Kier molecular flexibility index (Phi) is 76.4. The summed E-state index contributed by atoms with van der Waals surface area (Å²) in [7, 11) is 3.98. The van der Waals surface area contributed by atoms with Crippen LogP contribution in [0.4, 0.5) is 0 Å². The molecular weight excluding hydrogens is 1510 g/mol. The van der Waals surface area contributed by atoms with Crippen LogP contribution in [-0.2, 0) is 66.9 Å². The number of carbonyl (C=O) groups excluding carboxylic acids is 10. The lowest BCUT2D eigenvalue weighted by molar-refractivity contribution is -0.147. The van der Waals surface area contributed by atoms with Crippen molar-refractivity contribution >= 4 is 58.9 Å². The highest BCUT2D eigenvalue weighted by atomic mass is 16.6. The van der Waals surface area contributed by atoms with Crippen LogP contribution in [0.3, 0.4) is 0 Å². The summed E-state index contributed by atoms with van der Waals surface area (Å²) in [5.41, 5.74) is 3.61. The minimum absolute atomic E-state index is 0.00132. The number of rotatable bonds is 30. The number of likely N-dealkylation sites (N-methyl/N-ethyl adjacent to an activating group) is 3. The molecule has 2 unspecified atom stereocenters. The van der Waals surface area contributed by atoms with Crippen LogP contribution >= 0.6 is 0 Å². The quantitative estimate of drug-likeness (QED) is 0.0282. The molecule has 0 aromatic rings. The van der Waals surface area contributed by atoms with Crippen LogP contribution in [0.2, 0.25) is 0 Å². The topological polar surface area (TPSA) is 221 Å². The van der Waals surface area contributed by atoms with Gasteiger partial charge in [0.1, 0.15) is 12.2 Å². The standard InChI is InChI=1S/C12H23NO.C12H21NO.C11H21NO.C11H20O.C10H19NO.C10H18O2.C10H18O.2C9H16O2.C8H14O2/c1-12(2,3)9-8-11(14)7-6-10-13(4)5;1-6-9-13(11(14)7-2)10-8-12(3,4)5;1-6-10(13)12(7-2)9-8-11(3,4)5;1-9(2)8-10(12)6-7-11(3,4)5;1-6-9(12)11(7-2)8-10(3,4)5;1-6-7-9(11)12-8(2)10(3,4)5;1-8(2)6-9(11)7-10(3,4)5;1-6-8(10)11-7(2)9(3,4)5;1-5-6-8(10)11-7-9(2,3)4;1-5-7(9)10-6-8(2,3)4/h6-7H,8-10H2,1-5H3;6-7H,1-2,8-10H2,3-5H3;6H,1,7-9H2,2-5H3;8H,6-7H2,1-5H3;6H,1,7-8H2,2-5H3;6-8H,1-5H3;6H,7H2,1-5H3;6-7H,1H2,2-5H3;5-6H,7H2,1-4H3;5H,1,6H2,2-4H3/b7-6+;;;;;7-6+;;;6-5+;. The van der Waals surface area contributed by atoms with Crippen molar-refractivity contribution in [3.63, 3.8) is 0 Å². The first-order valence-corrected chi connectivity index (χ1v) is 42.6. The Hall–Kier alpha value is -7.60. The van der Waals surface area contributed by atoms with Gasteiger partial charge in [-0.2, -0.15) is 0 Å². The van der Waals surface area contributed by atoms with Crippen molar-refractivity contribution in [1.82, 2.24) is 19.6 Å². The molecule has 0 aromatic carbocycles. The maximum Gasteiger partial charge on any atom is 0.330 e. The van der Waals surface area contributed by atoms with E-state index in [4.69, 9.17) is 18.9 Å². The molecule has 120 heavy (non-hydrogen) atoms. The summed E-state index contributed by atoms with van der Waals surface area (Å²) in [6.45, 7) is 109. The van der Waals surface area contributed by atoms with Crippen LogP contribution in [0, 0.1) is 54.1 Å². The SMILES string of the molecule is C/C=C/C(=O)OC(C)C(C)(C)C.C/C=C/C(=O)OCC(C)(C)C.C=CC(=O)N(CC)CC(C)(C)C.C=CC(=O)N(CC)CCC(C)(C)C.C=CC(=O)OC(C)C(C)(C)C.C=CC(=O)OCC(C)(C)C.C=CCN(CCC(C)(C)C)C(=O)C=C.CC(C)=CC(=O)CC(C)(C)C.CC(C)=CC(=O)CCC(C)(C)C.CN(C)C/C=C/C(=O)CCC(C)(C)C. The first-order chi connectivity index (χ1) is 53.8. The van der Waals surface area contributed by atoms with Crippen molar-refractivity contribution in [2.75, 3.05) is 73.1 Å². The van der Waals surface area contributed by atoms with E-state index in [1.165, 1.54) is 42.5 Å². The van der Waals surface area contributed by atoms with Crippen molar-refractivity contribution in [1.29, 1.82) is 0 Å². The van der Waals surface area contributed by atoms with E-state index < -0.39 is 0 Å². The Labute approximate surface area is 738 Å². The molecule has 0 saturated heterocycles. The molecule has 0 aliphatic rings. The van der Waals surface area contributed by atoms with E-state index >= 15 is 0 Å². The van der Waals surface area contributed by atoms with Gasteiger partial charge in [0.2, 0.25) is 17.7 Å². The second-order valence-electron chi connectivity index (χ2n) is 42.1. The summed E-state index contributed by atoms with van der Waals surface area (Å²) in [5, 5.41) is 0. The fraction of sp³-hybridized carbons (Fsp3) is 0.686. The number of esters is 4. The molecule has 0 fully saturated rings. The van der Waals surface area contributed by atoms with Crippen molar-refractivity contribution in [3.05, 3.63) is 136 Å². The molecule has 0 bridgehead atoms. The lowest BCUT2D eigenvalue weighted by Crippen LogP contribution is -2.36. The number of ether oxygens (including phenoxy) is 4. The molecule has 0 N–H and O–H groups in total. The van der Waals surface area contributed by atoms with E-state index in [1.54, 1.807) is 60.1 Å². The summed E-state index contributed by atoms with van der Waals surface area (Å²) in [5.74, 6) is -0.470. The lowest BCUT2D eigenvalue weighted by atomic mass is 9.89. The van der Waals surface area contributed by atoms with E-state index in [0.717, 1.165) is 76.1 Å². The summed E-state index contributed by atoms with van der Waals surface area (Å²) < 4.78 is 19.9. The zero-order valence-corrected chi connectivity index (χ0v) is 85.3. The number of hydrogen-bond acceptors (Lipinski definition) is 15. The number of carbonyl (C=O) groups is 10. The molecular formula is C102H186N4O14. The maximum absolute atomic E-state index is 11.4.